The van der Waals surface area contributed by atoms with Crippen LogP contribution in [0.5, 0.6) is 5.75 Å². The highest BCUT2D eigenvalue weighted by atomic mass is 32.1. The molecule has 3 N–H and O–H groups in total. The Kier molecular flexibility index (Phi) is 3.18. The molecule has 0 bridgehead atoms. The molecule has 1 aliphatic carbocycles. The Bertz CT molecular complexity index is 405. The molecule has 1 aromatic heterocycles. The molecule has 0 spiro atoms. The van der Waals surface area contributed by atoms with Crippen LogP contribution in [0.25, 0.3) is 0 Å². The second kappa shape index (κ2) is 4.34. The normalized spacial score (nSPS) is 26.4. The van der Waals surface area contributed by atoms with E-state index in [1.807, 2.05) is 0 Å². The van der Waals surface area contributed by atoms with Gasteiger partial charge < -0.3 is 20.5 Å². The number of nitrogen functional groups attached to an aromatic ring is 1. The lowest BCUT2D eigenvalue weighted by Gasteiger charge is -2.51. The molecule has 0 aromatic carbocycles. The monoisotopic (exact) mass is 257 g/mol. The van der Waals surface area contributed by atoms with Gasteiger partial charge in [0, 0.05) is 18.6 Å². The molecule has 1 heterocycles. The molecule has 0 radical (unpaired) electrons. The summed E-state index contributed by atoms with van der Waals surface area (Å²) in [7, 11) is 3.36. The summed E-state index contributed by atoms with van der Waals surface area (Å²) in [5, 5.41) is 4.34. The fourth-order valence-electron chi connectivity index (χ4n) is 2.27. The van der Waals surface area contributed by atoms with Crippen LogP contribution in [0.4, 0.5) is 10.8 Å². The second-order valence-corrected chi connectivity index (χ2v) is 5.68. The van der Waals surface area contributed by atoms with Gasteiger partial charge in [-0.15, -0.1) is 0 Å². The van der Waals surface area contributed by atoms with Gasteiger partial charge in [0.1, 0.15) is 0 Å². The van der Waals surface area contributed by atoms with Crippen LogP contribution >= 0.6 is 11.5 Å². The van der Waals surface area contributed by atoms with Crippen molar-refractivity contribution in [3.05, 3.63) is 0 Å². The zero-order chi connectivity index (χ0) is 12.6. The average molecular weight is 257 g/mol. The van der Waals surface area contributed by atoms with E-state index in [2.05, 4.69) is 23.5 Å². The molecule has 96 valence electrons. The van der Waals surface area contributed by atoms with E-state index in [4.69, 9.17) is 15.2 Å². The Labute approximate surface area is 105 Å². The summed E-state index contributed by atoms with van der Waals surface area (Å²) in [5.74, 6) is 1.09. The van der Waals surface area contributed by atoms with Crippen molar-refractivity contribution in [1.82, 2.24) is 4.37 Å². The smallest absolute Gasteiger partial charge is 0.197 e. The lowest BCUT2D eigenvalue weighted by Crippen LogP contribution is -2.57. The van der Waals surface area contributed by atoms with Crippen LogP contribution in [0, 0.1) is 5.41 Å². The predicted molar refractivity (Wildman–Crippen MR) is 69.7 cm³/mol. The Morgan fingerprint density at radius 3 is 2.71 bits per heavy atom. The van der Waals surface area contributed by atoms with Crippen molar-refractivity contribution in [3.63, 3.8) is 0 Å². The number of aromatic nitrogens is 1. The third-order valence-corrected chi connectivity index (χ3v) is 4.42. The first-order valence-electron chi connectivity index (χ1n) is 5.59. The van der Waals surface area contributed by atoms with E-state index in [9.17, 15) is 0 Å². The number of rotatable bonds is 4. The minimum absolute atomic E-state index is 0.110. The molecule has 1 saturated carbocycles. The third kappa shape index (κ3) is 1.95. The molecule has 5 nitrogen and oxygen atoms in total. The van der Waals surface area contributed by atoms with Crippen molar-refractivity contribution >= 4 is 22.4 Å². The lowest BCUT2D eigenvalue weighted by atomic mass is 9.64. The van der Waals surface area contributed by atoms with Crippen LogP contribution in [0.15, 0.2) is 0 Å². The van der Waals surface area contributed by atoms with E-state index in [1.54, 1.807) is 14.2 Å². The van der Waals surface area contributed by atoms with E-state index in [0.717, 1.165) is 11.4 Å². The van der Waals surface area contributed by atoms with Gasteiger partial charge in [0.05, 0.1) is 13.2 Å². The highest BCUT2D eigenvalue weighted by molar-refractivity contribution is 7.11. The van der Waals surface area contributed by atoms with Crippen molar-refractivity contribution in [2.75, 3.05) is 25.3 Å². The van der Waals surface area contributed by atoms with E-state index in [1.165, 1.54) is 11.5 Å². The van der Waals surface area contributed by atoms with Gasteiger partial charge in [-0.25, -0.2) is 0 Å². The fraction of sp³-hybridized carbons (Fsp3) is 0.727. The summed E-state index contributed by atoms with van der Waals surface area (Å²) < 4.78 is 14.7. The van der Waals surface area contributed by atoms with Crippen molar-refractivity contribution < 1.29 is 9.47 Å². The molecule has 1 aliphatic rings. The molecule has 0 amide bonds. The quantitative estimate of drug-likeness (QED) is 0.863. The number of nitrogens with one attached hydrogen (secondary N) is 1. The SMILES string of the molecule is COc1c(N)nsc1NC1CC(OC)C1(C)C. The molecule has 2 atom stereocenters. The van der Waals surface area contributed by atoms with Crippen LogP contribution in [0.2, 0.25) is 0 Å². The lowest BCUT2D eigenvalue weighted by molar-refractivity contribution is -0.0794. The van der Waals surface area contributed by atoms with E-state index < -0.39 is 0 Å². The molecule has 6 heteroatoms. The zero-order valence-electron chi connectivity index (χ0n) is 10.6. The Morgan fingerprint density at radius 2 is 2.18 bits per heavy atom. The van der Waals surface area contributed by atoms with Crippen molar-refractivity contribution in [1.29, 1.82) is 0 Å². The fourth-order valence-corrected chi connectivity index (χ4v) is 3.01. The van der Waals surface area contributed by atoms with Gasteiger partial charge in [-0.1, -0.05) is 13.8 Å². The van der Waals surface area contributed by atoms with Gasteiger partial charge >= 0.3 is 0 Å². The summed E-state index contributed by atoms with van der Waals surface area (Å²) in [6.07, 6.45) is 1.29. The van der Waals surface area contributed by atoms with Crippen LogP contribution in [0.3, 0.4) is 0 Å². The highest BCUT2D eigenvalue weighted by Crippen LogP contribution is 2.46. The molecular formula is C11H19N3O2S. The van der Waals surface area contributed by atoms with Gasteiger partial charge in [-0.05, 0) is 18.0 Å². The Hall–Kier alpha value is -1.01. The highest BCUT2D eigenvalue weighted by Gasteiger charge is 2.49. The van der Waals surface area contributed by atoms with Crippen LogP contribution in [-0.4, -0.2) is 30.7 Å². The minimum Gasteiger partial charge on any atom is -0.490 e. The third-order valence-electron chi connectivity index (χ3n) is 3.65. The number of ether oxygens (including phenoxy) is 2. The summed E-state index contributed by atoms with van der Waals surface area (Å²) in [6.45, 7) is 4.39. The van der Waals surface area contributed by atoms with Crippen molar-refractivity contribution in [2.24, 2.45) is 5.41 Å². The Morgan fingerprint density at radius 1 is 1.47 bits per heavy atom. The van der Waals surface area contributed by atoms with E-state index >= 15 is 0 Å². The van der Waals surface area contributed by atoms with Gasteiger partial charge in [0.2, 0.25) is 0 Å². The summed E-state index contributed by atoms with van der Waals surface area (Å²) in [4.78, 5) is 0. The maximum absolute atomic E-state index is 5.72. The first-order chi connectivity index (χ1) is 8.00. The number of anilines is 2. The molecular weight excluding hydrogens is 238 g/mol. The maximum Gasteiger partial charge on any atom is 0.197 e. The molecule has 0 saturated heterocycles. The van der Waals surface area contributed by atoms with Gasteiger partial charge in [-0.2, -0.15) is 4.37 Å². The summed E-state index contributed by atoms with van der Waals surface area (Å²) in [6, 6.07) is 0.362. The van der Waals surface area contributed by atoms with Crippen LogP contribution < -0.4 is 15.8 Å². The zero-order valence-corrected chi connectivity index (χ0v) is 11.4. The number of hydrogen-bond acceptors (Lipinski definition) is 6. The summed E-state index contributed by atoms with van der Waals surface area (Å²) >= 11 is 1.34. The predicted octanol–water partition coefficient (Wildman–Crippen LogP) is 1.96. The molecule has 1 aromatic rings. The second-order valence-electron chi connectivity index (χ2n) is 4.91. The molecule has 0 aliphatic heterocycles. The molecule has 1 fully saturated rings. The Balaban J connectivity index is 2.08. The standard InChI is InChI=1S/C11H19N3O2S/c1-11(2)6(5-7(11)15-3)13-10-8(16-4)9(12)14-17-10/h6-7,13H,5H2,1-4H3,(H2,12,14). The topological polar surface area (TPSA) is 69.4 Å². The van der Waals surface area contributed by atoms with Crippen LogP contribution in [-0.2, 0) is 4.74 Å². The maximum atomic E-state index is 5.72. The number of nitrogens with zero attached hydrogens (tertiary/aromatic N) is 1. The van der Waals surface area contributed by atoms with Gasteiger partial charge in [-0.3, -0.25) is 0 Å². The summed E-state index contributed by atoms with van der Waals surface area (Å²) in [5.41, 5.74) is 5.83. The molecule has 2 rings (SSSR count). The number of hydrogen-bond donors (Lipinski definition) is 2. The van der Waals surface area contributed by atoms with Crippen LogP contribution in [0.1, 0.15) is 20.3 Å². The first kappa shape index (κ1) is 12.4. The van der Waals surface area contributed by atoms with Gasteiger partial charge in [0.25, 0.3) is 0 Å². The minimum atomic E-state index is 0.110. The van der Waals surface area contributed by atoms with E-state index in [0.29, 0.717) is 23.7 Å². The molecule has 17 heavy (non-hydrogen) atoms. The number of methoxy groups -OCH3 is 2. The first-order valence-corrected chi connectivity index (χ1v) is 6.36. The van der Waals surface area contributed by atoms with E-state index in [-0.39, 0.29) is 5.41 Å². The number of nitrogens with two attached hydrogens (primary N) is 1. The largest absolute Gasteiger partial charge is 0.490 e. The van der Waals surface area contributed by atoms with Gasteiger partial charge in [0.15, 0.2) is 16.6 Å². The average Bonchev–Trinajstić information content (AvgIpc) is 2.64. The van der Waals surface area contributed by atoms with Crippen molar-refractivity contribution in [3.8, 4) is 5.75 Å². The molecule has 2 unspecified atom stereocenters. The van der Waals surface area contributed by atoms with Crippen molar-refractivity contribution in [2.45, 2.75) is 32.4 Å².